The van der Waals surface area contributed by atoms with Crippen molar-refractivity contribution >= 4 is 11.0 Å². The molecule has 116 valence electrons. The number of hydrogen-bond donors (Lipinski definition) is 1. The Bertz CT molecular complexity index is 661. The highest BCUT2D eigenvalue weighted by molar-refractivity contribution is 7.67. The Balaban J connectivity index is 1.61. The molecule has 0 spiro atoms. The molecule has 0 aliphatic heterocycles. The molecule has 22 heavy (non-hydrogen) atoms. The predicted molar refractivity (Wildman–Crippen MR) is 87.8 cm³/mol. The normalized spacial score (nSPS) is 21.7. The van der Waals surface area contributed by atoms with E-state index in [1.807, 2.05) is 12.1 Å². The zero-order valence-corrected chi connectivity index (χ0v) is 13.2. The zero-order valence-electron chi connectivity index (χ0n) is 12.4. The van der Waals surface area contributed by atoms with Crippen LogP contribution in [0.1, 0.15) is 48.6 Å². The Morgan fingerprint density at radius 3 is 1.73 bits per heavy atom. The van der Waals surface area contributed by atoms with Crippen molar-refractivity contribution in [1.82, 2.24) is 0 Å². The predicted octanol–water partition coefficient (Wildman–Crippen LogP) is 4.03. The smallest absolute Gasteiger partial charge is 0.299 e. The molecule has 1 fully saturated rings. The number of hydrogen-bond acceptors (Lipinski definition) is 3. The van der Waals surface area contributed by atoms with Gasteiger partial charge in [0, 0.05) is 0 Å². The van der Waals surface area contributed by atoms with Gasteiger partial charge in [0.05, 0.1) is 0 Å². The van der Waals surface area contributed by atoms with Gasteiger partial charge < -0.3 is 4.18 Å². The van der Waals surface area contributed by atoms with Crippen molar-refractivity contribution in [3.63, 3.8) is 0 Å². The second kappa shape index (κ2) is 6.97. The van der Waals surface area contributed by atoms with Crippen molar-refractivity contribution < 1.29 is 12.6 Å². The Kier molecular flexibility index (Phi) is 4.78. The van der Waals surface area contributed by atoms with Gasteiger partial charge in [-0.1, -0.05) is 42.5 Å². The molecule has 3 rings (SSSR count). The Morgan fingerprint density at radius 1 is 0.727 bits per heavy atom. The van der Waals surface area contributed by atoms with E-state index in [2.05, 4.69) is 34.5 Å². The molecular formula is C18H20O3S. The fourth-order valence-corrected chi connectivity index (χ4v) is 3.67. The first kappa shape index (κ1) is 15.1. The minimum Gasteiger partial charge on any atom is -0.384 e. The van der Waals surface area contributed by atoms with Gasteiger partial charge in [0.1, 0.15) is 5.75 Å². The third kappa shape index (κ3) is 3.69. The molecule has 0 radical (unpaired) electrons. The van der Waals surface area contributed by atoms with Gasteiger partial charge >= 0.3 is 0 Å². The summed E-state index contributed by atoms with van der Waals surface area (Å²) in [6.45, 7) is 0. The fourth-order valence-electron chi connectivity index (χ4n) is 3.37. The lowest BCUT2D eigenvalue weighted by Gasteiger charge is -2.29. The average Bonchev–Trinajstić information content (AvgIpc) is 2.56. The highest BCUT2D eigenvalue weighted by Crippen LogP contribution is 2.40. The summed E-state index contributed by atoms with van der Waals surface area (Å²) in [6, 6.07) is 18.2. The van der Waals surface area contributed by atoms with E-state index < -0.39 is 11.0 Å². The van der Waals surface area contributed by atoms with Gasteiger partial charge in [0.15, 0.2) is 0 Å². The molecule has 0 heterocycles. The molecular weight excluding hydrogens is 296 g/mol. The lowest BCUT2D eigenvalue weighted by atomic mass is 9.76. The molecule has 0 aromatic heterocycles. The highest BCUT2D eigenvalue weighted by Gasteiger charge is 2.23. The van der Waals surface area contributed by atoms with E-state index in [9.17, 15) is 8.42 Å². The fraction of sp³-hybridized carbons (Fsp3) is 0.333. The third-order valence-corrected chi connectivity index (χ3v) is 4.89. The summed E-state index contributed by atoms with van der Waals surface area (Å²) in [5.41, 5.74) is 2.73. The molecule has 2 aromatic carbocycles. The molecule has 1 aliphatic rings. The van der Waals surface area contributed by atoms with Crippen LogP contribution in [0.3, 0.4) is 0 Å². The van der Waals surface area contributed by atoms with Crippen LogP contribution in [0.2, 0.25) is 0 Å². The van der Waals surface area contributed by atoms with Crippen LogP contribution in [0.5, 0.6) is 5.75 Å². The van der Waals surface area contributed by atoms with Gasteiger partial charge in [-0.15, -0.1) is 0 Å². The van der Waals surface area contributed by atoms with E-state index in [-0.39, 0.29) is 0 Å². The maximum absolute atomic E-state index is 10.5. The van der Waals surface area contributed by atoms with Crippen LogP contribution < -0.4 is 4.18 Å². The quantitative estimate of drug-likeness (QED) is 0.866. The van der Waals surface area contributed by atoms with Crippen molar-refractivity contribution in [3.8, 4) is 5.75 Å². The summed E-state index contributed by atoms with van der Waals surface area (Å²) in [6.07, 6.45) is 4.77. The topological polar surface area (TPSA) is 43.4 Å². The molecule has 4 heteroatoms. The Labute approximate surface area is 133 Å². The van der Waals surface area contributed by atoms with Crippen LogP contribution >= 0.6 is 0 Å². The standard InChI is InChI=1S/C18H20O3S/c19-22(20)21-18-12-10-17(11-13-18)16-8-6-15(7-9-16)14-4-2-1-3-5-14/h1-5,10-13,15-16,22H,6-9H2. The van der Waals surface area contributed by atoms with Crippen molar-refractivity contribution in [3.05, 3.63) is 65.7 Å². The second-order valence-electron chi connectivity index (χ2n) is 5.84. The minimum atomic E-state index is -2.83. The van der Waals surface area contributed by atoms with Crippen molar-refractivity contribution in [2.24, 2.45) is 0 Å². The second-order valence-corrected chi connectivity index (χ2v) is 6.47. The summed E-state index contributed by atoms with van der Waals surface area (Å²) in [5, 5.41) is 0. The first-order chi connectivity index (χ1) is 10.7. The molecule has 0 atom stereocenters. The molecule has 0 amide bonds. The molecule has 0 unspecified atom stereocenters. The number of benzene rings is 2. The van der Waals surface area contributed by atoms with Gasteiger partial charge in [0.25, 0.3) is 11.0 Å². The van der Waals surface area contributed by atoms with Crippen molar-refractivity contribution in [2.75, 3.05) is 0 Å². The minimum absolute atomic E-state index is 0.387. The molecule has 1 aliphatic carbocycles. The maximum atomic E-state index is 10.5. The monoisotopic (exact) mass is 316 g/mol. The molecule has 0 bridgehead atoms. The van der Waals surface area contributed by atoms with Crippen LogP contribution in [0, 0.1) is 0 Å². The van der Waals surface area contributed by atoms with E-state index in [0.29, 0.717) is 17.6 Å². The van der Waals surface area contributed by atoms with Gasteiger partial charge in [-0.25, -0.2) is 0 Å². The van der Waals surface area contributed by atoms with Crippen LogP contribution in [0.15, 0.2) is 54.6 Å². The van der Waals surface area contributed by atoms with Crippen LogP contribution in [-0.4, -0.2) is 8.42 Å². The average molecular weight is 316 g/mol. The summed E-state index contributed by atoms with van der Waals surface area (Å²) in [5.74, 6) is 1.62. The van der Waals surface area contributed by atoms with Gasteiger partial charge in [-0.2, -0.15) is 8.42 Å². The van der Waals surface area contributed by atoms with E-state index in [4.69, 9.17) is 0 Å². The van der Waals surface area contributed by atoms with Crippen LogP contribution in [0.25, 0.3) is 0 Å². The van der Waals surface area contributed by atoms with E-state index >= 15 is 0 Å². The van der Waals surface area contributed by atoms with Crippen molar-refractivity contribution in [1.29, 1.82) is 0 Å². The Hall–Kier alpha value is -1.81. The largest absolute Gasteiger partial charge is 0.384 e. The maximum Gasteiger partial charge on any atom is 0.299 e. The molecule has 1 saturated carbocycles. The number of thiol groups is 1. The lowest BCUT2D eigenvalue weighted by molar-refractivity contribution is 0.396. The molecule has 3 nitrogen and oxygen atoms in total. The van der Waals surface area contributed by atoms with Crippen molar-refractivity contribution in [2.45, 2.75) is 37.5 Å². The zero-order chi connectivity index (χ0) is 15.4. The van der Waals surface area contributed by atoms with Crippen LogP contribution in [-0.2, 0) is 11.0 Å². The third-order valence-electron chi connectivity index (χ3n) is 4.53. The Morgan fingerprint density at radius 2 is 1.23 bits per heavy atom. The molecule has 0 saturated heterocycles. The summed E-state index contributed by atoms with van der Waals surface area (Å²) < 4.78 is 25.8. The summed E-state index contributed by atoms with van der Waals surface area (Å²) in [7, 11) is -2.83. The SMILES string of the molecule is O=[SH](=O)Oc1ccc(C2CCC(c3ccccc3)CC2)cc1. The van der Waals surface area contributed by atoms with E-state index in [1.54, 1.807) is 12.1 Å². The molecule has 0 N–H and O–H groups in total. The molecule has 2 aromatic rings. The van der Waals surface area contributed by atoms with Crippen LogP contribution in [0.4, 0.5) is 0 Å². The van der Waals surface area contributed by atoms with Gasteiger partial charge in [0.2, 0.25) is 0 Å². The van der Waals surface area contributed by atoms with E-state index in [1.165, 1.54) is 36.8 Å². The first-order valence-electron chi connectivity index (χ1n) is 7.69. The lowest BCUT2D eigenvalue weighted by Crippen LogP contribution is -2.12. The van der Waals surface area contributed by atoms with E-state index in [0.717, 1.165) is 0 Å². The van der Waals surface area contributed by atoms with Gasteiger partial charge in [-0.05, 0) is 60.8 Å². The highest BCUT2D eigenvalue weighted by atomic mass is 32.2. The van der Waals surface area contributed by atoms with Gasteiger partial charge in [-0.3, -0.25) is 0 Å². The first-order valence-corrected chi connectivity index (χ1v) is 8.79. The summed E-state index contributed by atoms with van der Waals surface area (Å²) >= 11 is 0. The number of rotatable bonds is 4. The summed E-state index contributed by atoms with van der Waals surface area (Å²) in [4.78, 5) is 0.